The molecule has 1 N–H and O–H groups in total. The van der Waals surface area contributed by atoms with Gasteiger partial charge in [0.25, 0.3) is 5.56 Å². The van der Waals surface area contributed by atoms with Crippen LogP contribution in [0.3, 0.4) is 0 Å². The van der Waals surface area contributed by atoms with E-state index in [0.717, 1.165) is 38.3 Å². The molecule has 1 aliphatic heterocycles. The maximum atomic E-state index is 12.4. The Bertz CT molecular complexity index is 674. The minimum Gasteiger partial charge on any atom is -0.353 e. The second-order valence-electron chi connectivity index (χ2n) is 7.46. The Balaban J connectivity index is 1.30. The van der Waals surface area contributed by atoms with Gasteiger partial charge in [-0.25, -0.2) is 4.98 Å². The van der Waals surface area contributed by atoms with Crippen LogP contribution in [0, 0.1) is 17.8 Å². The predicted molar refractivity (Wildman–Crippen MR) is 91.9 cm³/mol. The van der Waals surface area contributed by atoms with Crippen LogP contribution in [0.5, 0.6) is 0 Å². The minimum absolute atomic E-state index is 0.0206. The van der Waals surface area contributed by atoms with E-state index in [4.69, 9.17) is 0 Å². The topological polar surface area (TPSA) is 67.2 Å². The monoisotopic (exact) mass is 330 g/mol. The first kappa shape index (κ1) is 15.7. The molecular weight excluding hydrogens is 304 g/mol. The molecule has 0 radical (unpaired) electrons. The summed E-state index contributed by atoms with van der Waals surface area (Å²) in [4.78, 5) is 31.0. The standard InChI is InChI=1S/C18H26N4O2/c1-2-21-10-7-19-16(18(21)24)22-8-5-13(6-9-22)20-17(23)15-11-14(15)12-3-4-12/h7,10,12-15H,2-6,8-9,11H2,1H3,(H,20,23)/t14-,15-/m0/s1. The first-order valence-electron chi connectivity index (χ1n) is 9.28. The van der Waals surface area contributed by atoms with E-state index in [-0.39, 0.29) is 23.4 Å². The number of nitrogens with one attached hydrogen (secondary N) is 1. The minimum atomic E-state index is -0.0206. The van der Waals surface area contributed by atoms with Gasteiger partial charge in [-0.1, -0.05) is 0 Å². The summed E-state index contributed by atoms with van der Waals surface area (Å²) in [5.74, 6) is 2.60. The van der Waals surface area contributed by atoms with E-state index in [1.807, 2.05) is 6.92 Å². The van der Waals surface area contributed by atoms with Crippen LogP contribution in [0.15, 0.2) is 17.2 Å². The van der Waals surface area contributed by atoms with Crippen molar-refractivity contribution in [2.75, 3.05) is 18.0 Å². The van der Waals surface area contributed by atoms with E-state index in [1.165, 1.54) is 12.8 Å². The summed E-state index contributed by atoms with van der Waals surface area (Å²) in [6.45, 7) is 4.17. The van der Waals surface area contributed by atoms with E-state index >= 15 is 0 Å². The highest BCUT2D eigenvalue weighted by molar-refractivity contribution is 5.82. The van der Waals surface area contributed by atoms with Crippen LogP contribution in [0.25, 0.3) is 0 Å². The number of piperidine rings is 1. The molecule has 24 heavy (non-hydrogen) atoms. The summed E-state index contributed by atoms with van der Waals surface area (Å²) in [5.41, 5.74) is -0.0206. The smallest absolute Gasteiger partial charge is 0.293 e. The molecule has 3 fully saturated rings. The molecule has 4 rings (SSSR count). The Morgan fingerprint density at radius 2 is 2.04 bits per heavy atom. The van der Waals surface area contributed by atoms with Gasteiger partial charge in [-0.15, -0.1) is 0 Å². The lowest BCUT2D eigenvalue weighted by atomic mass is 10.0. The lowest BCUT2D eigenvalue weighted by Gasteiger charge is -2.32. The molecule has 6 heteroatoms. The highest BCUT2D eigenvalue weighted by Crippen LogP contribution is 2.54. The number of nitrogens with zero attached hydrogens (tertiary/aromatic N) is 3. The summed E-state index contributed by atoms with van der Waals surface area (Å²) in [7, 11) is 0. The van der Waals surface area contributed by atoms with Crippen LogP contribution in [0.2, 0.25) is 0 Å². The third kappa shape index (κ3) is 3.06. The van der Waals surface area contributed by atoms with Crippen molar-refractivity contribution in [2.45, 2.75) is 51.6 Å². The fourth-order valence-electron chi connectivity index (χ4n) is 4.01. The molecule has 2 aliphatic carbocycles. The summed E-state index contributed by atoms with van der Waals surface area (Å²) >= 11 is 0. The zero-order valence-corrected chi connectivity index (χ0v) is 14.3. The molecule has 2 atom stereocenters. The Kier molecular flexibility index (Phi) is 4.06. The molecule has 0 aromatic carbocycles. The number of aromatic nitrogens is 2. The molecule has 0 unspecified atom stereocenters. The SMILES string of the molecule is CCn1ccnc(N2CCC(NC(=O)[C@H]3C[C@H]3C3CC3)CC2)c1=O. The van der Waals surface area contributed by atoms with E-state index in [9.17, 15) is 9.59 Å². The third-order valence-electron chi connectivity index (χ3n) is 5.78. The Morgan fingerprint density at radius 3 is 2.71 bits per heavy atom. The molecule has 1 amide bonds. The Morgan fingerprint density at radius 1 is 1.29 bits per heavy atom. The molecule has 0 bridgehead atoms. The van der Waals surface area contributed by atoms with Gasteiger partial charge in [0.1, 0.15) is 0 Å². The number of aryl methyl sites for hydroxylation is 1. The van der Waals surface area contributed by atoms with Gasteiger partial charge < -0.3 is 14.8 Å². The summed E-state index contributed by atoms with van der Waals surface area (Å²) in [6, 6.07) is 0.242. The van der Waals surface area contributed by atoms with E-state index in [0.29, 0.717) is 18.3 Å². The maximum absolute atomic E-state index is 12.4. The molecule has 2 heterocycles. The molecule has 0 spiro atoms. The van der Waals surface area contributed by atoms with Gasteiger partial charge in [0.2, 0.25) is 5.91 Å². The van der Waals surface area contributed by atoms with Gasteiger partial charge in [-0.05, 0) is 50.9 Å². The molecule has 6 nitrogen and oxygen atoms in total. The van der Waals surface area contributed by atoms with Crippen LogP contribution in [-0.2, 0) is 11.3 Å². The van der Waals surface area contributed by atoms with Crippen molar-refractivity contribution in [1.82, 2.24) is 14.9 Å². The fraction of sp³-hybridized carbons (Fsp3) is 0.722. The van der Waals surface area contributed by atoms with E-state index in [2.05, 4.69) is 15.2 Å². The van der Waals surface area contributed by atoms with Gasteiger partial charge in [0.15, 0.2) is 5.82 Å². The number of rotatable bonds is 5. The molecule has 130 valence electrons. The molecule has 3 aliphatic rings. The lowest BCUT2D eigenvalue weighted by Crippen LogP contribution is -2.47. The fourth-order valence-corrected chi connectivity index (χ4v) is 4.01. The van der Waals surface area contributed by atoms with E-state index < -0.39 is 0 Å². The molecule has 1 aromatic heterocycles. The van der Waals surface area contributed by atoms with Crippen molar-refractivity contribution in [1.29, 1.82) is 0 Å². The van der Waals surface area contributed by atoms with Crippen molar-refractivity contribution in [3.63, 3.8) is 0 Å². The number of carbonyl (C=O) groups is 1. The van der Waals surface area contributed by atoms with Crippen molar-refractivity contribution >= 4 is 11.7 Å². The van der Waals surface area contributed by atoms with Crippen LogP contribution >= 0.6 is 0 Å². The first-order chi connectivity index (χ1) is 11.7. The van der Waals surface area contributed by atoms with Crippen molar-refractivity contribution in [3.05, 3.63) is 22.7 Å². The van der Waals surface area contributed by atoms with Gasteiger partial charge in [-0.2, -0.15) is 0 Å². The van der Waals surface area contributed by atoms with Crippen molar-refractivity contribution in [3.8, 4) is 0 Å². The van der Waals surface area contributed by atoms with E-state index in [1.54, 1.807) is 17.0 Å². The zero-order chi connectivity index (χ0) is 16.7. The maximum Gasteiger partial charge on any atom is 0.293 e. The van der Waals surface area contributed by atoms with Gasteiger partial charge >= 0.3 is 0 Å². The van der Waals surface area contributed by atoms with Crippen LogP contribution < -0.4 is 15.8 Å². The molecule has 1 saturated heterocycles. The normalized spacial score (nSPS) is 27.1. The zero-order valence-electron chi connectivity index (χ0n) is 14.3. The second-order valence-corrected chi connectivity index (χ2v) is 7.46. The number of carbonyl (C=O) groups excluding carboxylic acids is 1. The molecule has 1 aromatic rings. The van der Waals surface area contributed by atoms with Crippen LogP contribution in [0.1, 0.15) is 39.0 Å². The number of anilines is 1. The Labute approximate surface area is 142 Å². The number of hydrogen-bond acceptors (Lipinski definition) is 4. The van der Waals surface area contributed by atoms with Crippen LogP contribution in [-0.4, -0.2) is 34.6 Å². The quantitative estimate of drug-likeness (QED) is 0.886. The van der Waals surface area contributed by atoms with Gasteiger partial charge in [-0.3, -0.25) is 9.59 Å². The van der Waals surface area contributed by atoms with Gasteiger partial charge in [0.05, 0.1) is 0 Å². The summed E-state index contributed by atoms with van der Waals surface area (Å²) in [5, 5.41) is 3.23. The van der Waals surface area contributed by atoms with Crippen LogP contribution in [0.4, 0.5) is 5.82 Å². The predicted octanol–water partition coefficient (Wildman–Crippen LogP) is 1.39. The second kappa shape index (κ2) is 6.22. The van der Waals surface area contributed by atoms with Crippen molar-refractivity contribution < 1.29 is 4.79 Å². The highest BCUT2D eigenvalue weighted by atomic mass is 16.2. The number of amides is 1. The largest absolute Gasteiger partial charge is 0.353 e. The average molecular weight is 330 g/mol. The summed E-state index contributed by atoms with van der Waals surface area (Å²) < 4.78 is 1.68. The lowest BCUT2D eigenvalue weighted by molar-refractivity contribution is -0.123. The third-order valence-corrected chi connectivity index (χ3v) is 5.78. The highest BCUT2D eigenvalue weighted by Gasteiger charge is 2.51. The first-order valence-corrected chi connectivity index (χ1v) is 9.28. The average Bonchev–Trinajstić information content (AvgIpc) is 3.48. The number of hydrogen-bond donors (Lipinski definition) is 1. The molecular formula is C18H26N4O2. The summed E-state index contributed by atoms with van der Waals surface area (Å²) in [6.07, 6.45) is 8.94. The Hall–Kier alpha value is -1.85. The van der Waals surface area contributed by atoms with Gasteiger partial charge in [0, 0.05) is 44.0 Å². The molecule has 2 saturated carbocycles. The van der Waals surface area contributed by atoms with Crippen molar-refractivity contribution in [2.24, 2.45) is 17.8 Å².